The van der Waals surface area contributed by atoms with E-state index in [1.54, 1.807) is 0 Å². The molecule has 2 saturated heterocycles. The molecule has 5 saturated carbocycles. The van der Waals surface area contributed by atoms with Gasteiger partial charge in [-0.15, -0.1) is 11.6 Å². The summed E-state index contributed by atoms with van der Waals surface area (Å²) in [5.74, 6) is 8.27. The van der Waals surface area contributed by atoms with Crippen LogP contribution >= 0.6 is 11.6 Å². The molecular weight excluding hydrogens is 294 g/mol. The maximum Gasteiger partial charge on any atom is 0.126 e. The Balaban J connectivity index is 1.21. The van der Waals surface area contributed by atoms with Crippen molar-refractivity contribution < 1.29 is 4.74 Å². The number of rotatable bonds is 4. The van der Waals surface area contributed by atoms with Gasteiger partial charge in [-0.3, -0.25) is 5.32 Å². The van der Waals surface area contributed by atoms with Gasteiger partial charge in [-0.25, -0.2) is 0 Å². The Morgan fingerprint density at radius 3 is 2.64 bits per heavy atom. The fraction of sp³-hybridized carbons (Fsp3) is 0.684. The average molecular weight is 314 g/mol. The molecule has 22 heavy (non-hydrogen) atoms. The number of halogens is 1. The molecule has 0 amide bonds. The molecular formula is C19H20ClNO. The van der Waals surface area contributed by atoms with Crippen molar-refractivity contribution >= 4 is 11.6 Å². The molecule has 10 unspecified atom stereocenters. The number of hydrogen-bond acceptors (Lipinski definition) is 2. The summed E-state index contributed by atoms with van der Waals surface area (Å²) in [5, 5.41) is 3.92. The van der Waals surface area contributed by atoms with E-state index in [0.29, 0.717) is 12.0 Å². The lowest BCUT2D eigenvalue weighted by Crippen LogP contribution is -2.56. The first kappa shape index (κ1) is 11.9. The van der Waals surface area contributed by atoms with E-state index in [0.717, 1.165) is 53.9 Å². The molecule has 2 nitrogen and oxygen atoms in total. The SMILES string of the molecule is ClCc1ccc(CNC23OC4C5C6CC(C7C6C4C72)C53)cc1. The second-order valence-corrected chi connectivity index (χ2v) is 8.87. The Hall–Kier alpha value is -0.570. The van der Waals surface area contributed by atoms with E-state index in [2.05, 4.69) is 29.6 Å². The van der Waals surface area contributed by atoms with Crippen LogP contribution in [0.3, 0.4) is 0 Å². The second-order valence-electron chi connectivity index (χ2n) is 8.60. The molecule has 2 aliphatic heterocycles. The first-order chi connectivity index (χ1) is 10.8. The zero-order valence-electron chi connectivity index (χ0n) is 12.4. The average Bonchev–Trinajstić information content (AvgIpc) is 3.19. The van der Waals surface area contributed by atoms with Crippen molar-refractivity contribution in [2.24, 2.45) is 47.3 Å². The van der Waals surface area contributed by atoms with Crippen molar-refractivity contribution in [3.63, 3.8) is 0 Å². The van der Waals surface area contributed by atoms with Gasteiger partial charge in [0.2, 0.25) is 0 Å². The van der Waals surface area contributed by atoms with Crippen LogP contribution < -0.4 is 5.32 Å². The Bertz CT molecular complexity index is 679. The van der Waals surface area contributed by atoms with Crippen molar-refractivity contribution in [2.45, 2.75) is 30.7 Å². The summed E-state index contributed by atoms with van der Waals surface area (Å²) < 4.78 is 6.69. The Labute approximate surface area is 135 Å². The predicted octanol–water partition coefficient (Wildman–Crippen LogP) is 3.00. The molecule has 7 aliphatic rings. The molecule has 8 rings (SSSR count). The first-order valence-corrected chi connectivity index (χ1v) is 9.43. The van der Waals surface area contributed by atoms with Crippen molar-refractivity contribution in [1.82, 2.24) is 5.32 Å². The molecule has 1 aromatic rings. The molecule has 3 heteroatoms. The summed E-state index contributed by atoms with van der Waals surface area (Å²) in [6.45, 7) is 0.941. The highest BCUT2D eigenvalue weighted by Crippen LogP contribution is 2.89. The number of nitrogens with one attached hydrogen (secondary N) is 1. The van der Waals surface area contributed by atoms with Crippen LogP contribution in [-0.4, -0.2) is 11.8 Å². The van der Waals surface area contributed by atoms with Gasteiger partial charge >= 0.3 is 0 Å². The molecule has 10 atom stereocenters. The highest BCUT2D eigenvalue weighted by Gasteiger charge is 2.92. The van der Waals surface area contributed by atoms with Gasteiger partial charge in [-0.1, -0.05) is 24.3 Å². The van der Waals surface area contributed by atoms with E-state index < -0.39 is 0 Å². The summed E-state index contributed by atoms with van der Waals surface area (Å²) in [6, 6.07) is 8.72. The van der Waals surface area contributed by atoms with Gasteiger partial charge in [-0.05, 0) is 53.1 Å². The zero-order valence-corrected chi connectivity index (χ0v) is 13.2. The van der Waals surface area contributed by atoms with Gasteiger partial charge in [0.15, 0.2) is 0 Å². The molecule has 5 aliphatic carbocycles. The quantitative estimate of drug-likeness (QED) is 0.863. The van der Waals surface area contributed by atoms with Crippen LogP contribution in [0.2, 0.25) is 0 Å². The third kappa shape index (κ3) is 0.971. The highest BCUT2D eigenvalue weighted by molar-refractivity contribution is 6.17. The molecule has 7 fully saturated rings. The van der Waals surface area contributed by atoms with Crippen molar-refractivity contribution in [2.75, 3.05) is 0 Å². The van der Waals surface area contributed by atoms with E-state index in [1.807, 2.05) is 0 Å². The summed E-state index contributed by atoms with van der Waals surface area (Å²) in [5.41, 5.74) is 2.61. The van der Waals surface area contributed by atoms with Crippen LogP contribution in [0.4, 0.5) is 0 Å². The Kier molecular flexibility index (Phi) is 1.85. The normalized spacial score (nSPS) is 60.0. The van der Waals surface area contributed by atoms with E-state index in [4.69, 9.17) is 16.3 Å². The molecule has 1 N–H and O–H groups in total. The van der Waals surface area contributed by atoms with E-state index in [9.17, 15) is 0 Å². The molecule has 0 aromatic heterocycles. The van der Waals surface area contributed by atoms with E-state index in [1.165, 1.54) is 17.5 Å². The van der Waals surface area contributed by atoms with Gasteiger partial charge in [-0.2, -0.15) is 0 Å². The van der Waals surface area contributed by atoms with E-state index in [-0.39, 0.29) is 5.72 Å². The lowest BCUT2D eigenvalue weighted by atomic mass is 9.59. The molecule has 0 spiro atoms. The van der Waals surface area contributed by atoms with Crippen LogP contribution in [0.25, 0.3) is 0 Å². The fourth-order valence-corrected chi connectivity index (χ4v) is 8.46. The summed E-state index contributed by atoms with van der Waals surface area (Å²) in [4.78, 5) is 0. The molecule has 4 bridgehead atoms. The van der Waals surface area contributed by atoms with Gasteiger partial charge < -0.3 is 4.74 Å². The van der Waals surface area contributed by atoms with Crippen molar-refractivity contribution in [3.05, 3.63) is 35.4 Å². The molecule has 0 radical (unpaired) electrons. The minimum atomic E-state index is 0.0578. The van der Waals surface area contributed by atoms with Gasteiger partial charge in [0.25, 0.3) is 0 Å². The zero-order chi connectivity index (χ0) is 14.2. The van der Waals surface area contributed by atoms with Crippen molar-refractivity contribution in [3.8, 4) is 0 Å². The largest absolute Gasteiger partial charge is 0.356 e. The molecule has 2 heterocycles. The van der Waals surface area contributed by atoms with Crippen LogP contribution in [0.15, 0.2) is 24.3 Å². The number of ether oxygens (including phenoxy) is 1. The first-order valence-electron chi connectivity index (χ1n) is 8.90. The minimum absolute atomic E-state index is 0.0578. The van der Waals surface area contributed by atoms with Crippen molar-refractivity contribution in [1.29, 1.82) is 0 Å². The van der Waals surface area contributed by atoms with Gasteiger partial charge in [0, 0.05) is 24.3 Å². The van der Waals surface area contributed by atoms with Crippen LogP contribution in [-0.2, 0) is 17.2 Å². The lowest BCUT2D eigenvalue weighted by molar-refractivity contribution is -0.0591. The smallest absolute Gasteiger partial charge is 0.126 e. The number of benzene rings is 1. The monoisotopic (exact) mass is 313 g/mol. The summed E-state index contributed by atoms with van der Waals surface area (Å²) in [6.07, 6.45) is 2.16. The number of alkyl halides is 1. The fourth-order valence-electron chi connectivity index (χ4n) is 8.28. The van der Waals surface area contributed by atoms with Crippen LogP contribution in [0, 0.1) is 47.3 Å². The third-order valence-corrected chi connectivity index (χ3v) is 8.76. The predicted molar refractivity (Wildman–Crippen MR) is 83.0 cm³/mol. The maximum absolute atomic E-state index is 6.69. The van der Waals surface area contributed by atoms with E-state index >= 15 is 0 Å². The minimum Gasteiger partial charge on any atom is -0.356 e. The summed E-state index contributed by atoms with van der Waals surface area (Å²) >= 11 is 5.88. The molecule has 1 aromatic carbocycles. The Morgan fingerprint density at radius 2 is 1.82 bits per heavy atom. The van der Waals surface area contributed by atoms with Crippen LogP contribution in [0.1, 0.15) is 17.5 Å². The molecule has 114 valence electrons. The maximum atomic E-state index is 6.69. The second kappa shape index (κ2) is 3.43. The number of hydrogen-bond donors (Lipinski definition) is 1. The summed E-state index contributed by atoms with van der Waals surface area (Å²) in [7, 11) is 0. The van der Waals surface area contributed by atoms with Gasteiger partial charge in [0.1, 0.15) is 5.72 Å². The standard InChI is InChI=1S/C19H20ClNO/c20-6-8-1-3-9(4-2-8)7-21-19-16-11-5-10-12-13(11)17(19)15(12)18(22-19)14(10)16/h1-4,10-18,21H,5-7H2. The lowest BCUT2D eigenvalue weighted by Gasteiger charge is -2.46. The topological polar surface area (TPSA) is 21.3 Å². The highest BCUT2D eigenvalue weighted by atomic mass is 35.5. The van der Waals surface area contributed by atoms with Crippen LogP contribution in [0.5, 0.6) is 0 Å². The Morgan fingerprint density at radius 1 is 1.00 bits per heavy atom. The third-order valence-electron chi connectivity index (χ3n) is 8.45. The van der Waals surface area contributed by atoms with Gasteiger partial charge in [0.05, 0.1) is 6.10 Å².